The van der Waals surface area contributed by atoms with Crippen molar-refractivity contribution >= 4 is 34.9 Å². The zero-order valence-corrected chi connectivity index (χ0v) is 16.3. The van der Waals surface area contributed by atoms with Crippen LogP contribution in [0.15, 0.2) is 36.4 Å². The van der Waals surface area contributed by atoms with Crippen LogP contribution in [0.1, 0.15) is 39.3 Å². The number of esters is 1. The van der Waals surface area contributed by atoms with Crippen molar-refractivity contribution in [2.24, 2.45) is 5.92 Å². The van der Waals surface area contributed by atoms with Gasteiger partial charge in [0, 0.05) is 10.6 Å². The van der Waals surface area contributed by atoms with Crippen LogP contribution in [0.3, 0.4) is 0 Å². The van der Waals surface area contributed by atoms with Gasteiger partial charge in [0.1, 0.15) is 4.88 Å². The van der Waals surface area contributed by atoms with Gasteiger partial charge in [-0.1, -0.05) is 25.1 Å². The zero-order chi connectivity index (χ0) is 19.5. The zero-order valence-electron chi connectivity index (χ0n) is 15.5. The number of nitrogens with zero attached hydrogens (tertiary/aromatic N) is 3. The predicted octanol–water partition coefficient (Wildman–Crippen LogP) is 3.74. The SMILES string of the molecule is C[C@@H]1CCc2sc(C(=O)OCc3nc(N)nc(Nc4ccccc4)n3)cc2C1. The Bertz CT molecular complexity index is 990. The molecule has 0 spiro atoms. The van der Waals surface area contributed by atoms with Gasteiger partial charge in [-0.2, -0.15) is 15.0 Å². The highest BCUT2D eigenvalue weighted by atomic mass is 32.1. The molecule has 0 fully saturated rings. The maximum atomic E-state index is 12.4. The van der Waals surface area contributed by atoms with Crippen LogP contribution in [0, 0.1) is 5.92 Å². The number of carbonyl (C=O) groups is 1. The van der Waals surface area contributed by atoms with Gasteiger partial charge in [0.05, 0.1) is 0 Å². The standard InChI is InChI=1S/C20H21N5O2S/c1-12-7-8-15-13(9-12)10-16(28-15)18(26)27-11-17-23-19(21)25-20(24-17)22-14-5-3-2-4-6-14/h2-6,10,12H,7-9,11H2,1H3,(H3,21,22,23,24,25)/t12-/m1/s1. The number of fused-ring (bicyclic) bond motifs is 1. The number of rotatable bonds is 5. The molecule has 0 aliphatic heterocycles. The Kier molecular flexibility index (Phi) is 5.21. The fourth-order valence-electron chi connectivity index (χ4n) is 3.22. The molecule has 3 aromatic rings. The molecule has 1 aliphatic carbocycles. The number of anilines is 3. The van der Waals surface area contributed by atoms with Gasteiger partial charge >= 0.3 is 5.97 Å². The van der Waals surface area contributed by atoms with E-state index in [1.165, 1.54) is 28.2 Å². The molecule has 1 aromatic carbocycles. The third-order valence-electron chi connectivity index (χ3n) is 4.59. The van der Waals surface area contributed by atoms with E-state index in [-0.39, 0.29) is 18.5 Å². The summed E-state index contributed by atoms with van der Waals surface area (Å²) in [6.07, 6.45) is 3.23. The summed E-state index contributed by atoms with van der Waals surface area (Å²) in [6, 6.07) is 11.5. The van der Waals surface area contributed by atoms with Crippen LogP contribution >= 0.6 is 11.3 Å². The minimum Gasteiger partial charge on any atom is -0.453 e. The van der Waals surface area contributed by atoms with Crippen molar-refractivity contribution in [1.82, 2.24) is 15.0 Å². The van der Waals surface area contributed by atoms with Gasteiger partial charge in [-0.25, -0.2) is 4.79 Å². The molecule has 2 heterocycles. The number of thiophene rings is 1. The number of hydrogen-bond acceptors (Lipinski definition) is 8. The number of nitrogen functional groups attached to an aromatic ring is 1. The van der Waals surface area contributed by atoms with E-state index in [4.69, 9.17) is 10.5 Å². The molecule has 2 aromatic heterocycles. The Hall–Kier alpha value is -3.00. The first-order chi connectivity index (χ1) is 13.6. The summed E-state index contributed by atoms with van der Waals surface area (Å²) in [5.41, 5.74) is 7.87. The van der Waals surface area contributed by atoms with E-state index >= 15 is 0 Å². The summed E-state index contributed by atoms with van der Waals surface area (Å²) in [5.74, 6) is 0.984. The van der Waals surface area contributed by atoms with Gasteiger partial charge in [0.15, 0.2) is 12.4 Å². The van der Waals surface area contributed by atoms with Crippen molar-refractivity contribution in [3.05, 3.63) is 57.5 Å². The van der Waals surface area contributed by atoms with Gasteiger partial charge in [0.25, 0.3) is 0 Å². The lowest BCUT2D eigenvalue weighted by atomic mass is 9.90. The molecule has 0 saturated heterocycles. The van der Waals surface area contributed by atoms with Crippen molar-refractivity contribution in [1.29, 1.82) is 0 Å². The summed E-state index contributed by atoms with van der Waals surface area (Å²) in [7, 11) is 0. The number of aryl methyl sites for hydroxylation is 1. The summed E-state index contributed by atoms with van der Waals surface area (Å²) in [4.78, 5) is 26.8. The van der Waals surface area contributed by atoms with Crippen molar-refractivity contribution in [2.45, 2.75) is 32.8 Å². The van der Waals surface area contributed by atoms with Gasteiger partial charge in [-0.05, 0) is 48.9 Å². The molecule has 28 heavy (non-hydrogen) atoms. The summed E-state index contributed by atoms with van der Waals surface area (Å²) < 4.78 is 5.41. The molecular formula is C20H21N5O2S. The summed E-state index contributed by atoms with van der Waals surface area (Å²) >= 11 is 1.52. The molecule has 0 saturated carbocycles. The maximum Gasteiger partial charge on any atom is 0.348 e. The van der Waals surface area contributed by atoms with Crippen LogP contribution in [-0.4, -0.2) is 20.9 Å². The van der Waals surface area contributed by atoms with Crippen LogP contribution in [0.5, 0.6) is 0 Å². The topological polar surface area (TPSA) is 103 Å². The van der Waals surface area contributed by atoms with Gasteiger partial charge in [0.2, 0.25) is 11.9 Å². The predicted molar refractivity (Wildman–Crippen MR) is 109 cm³/mol. The monoisotopic (exact) mass is 395 g/mol. The van der Waals surface area contributed by atoms with E-state index in [0.717, 1.165) is 18.5 Å². The van der Waals surface area contributed by atoms with Crippen molar-refractivity contribution in [3.63, 3.8) is 0 Å². The number of aromatic nitrogens is 3. The molecule has 144 valence electrons. The third kappa shape index (κ3) is 4.28. The highest BCUT2D eigenvalue weighted by molar-refractivity contribution is 7.14. The molecule has 3 N–H and O–H groups in total. The number of nitrogens with one attached hydrogen (secondary N) is 1. The second-order valence-electron chi connectivity index (χ2n) is 6.91. The van der Waals surface area contributed by atoms with Crippen LogP contribution < -0.4 is 11.1 Å². The van der Waals surface area contributed by atoms with Gasteiger partial charge < -0.3 is 15.8 Å². The van der Waals surface area contributed by atoms with Crippen LogP contribution in [-0.2, 0) is 24.2 Å². The molecule has 0 radical (unpaired) electrons. The Labute approximate surface area is 167 Å². The quantitative estimate of drug-likeness (QED) is 0.634. The van der Waals surface area contributed by atoms with Crippen LogP contribution in [0.25, 0.3) is 0 Å². The average molecular weight is 395 g/mol. The minimum absolute atomic E-state index is 0.0615. The van der Waals surface area contributed by atoms with Crippen LogP contribution in [0.2, 0.25) is 0 Å². The van der Waals surface area contributed by atoms with E-state index in [1.807, 2.05) is 36.4 Å². The van der Waals surface area contributed by atoms with E-state index in [1.54, 1.807) is 0 Å². The number of carbonyl (C=O) groups excluding carboxylic acids is 1. The summed E-state index contributed by atoms with van der Waals surface area (Å²) in [5, 5.41) is 3.06. The van der Waals surface area contributed by atoms with Crippen molar-refractivity contribution in [3.8, 4) is 0 Å². The van der Waals surface area contributed by atoms with Gasteiger partial charge in [-0.3, -0.25) is 0 Å². The average Bonchev–Trinajstić information content (AvgIpc) is 3.10. The fourth-order valence-corrected chi connectivity index (χ4v) is 4.32. The molecule has 1 aliphatic rings. The van der Waals surface area contributed by atoms with E-state index < -0.39 is 0 Å². The molecule has 4 rings (SSSR count). The second-order valence-corrected chi connectivity index (χ2v) is 8.04. The van der Waals surface area contributed by atoms with E-state index in [2.05, 4.69) is 27.2 Å². The molecule has 8 heteroatoms. The van der Waals surface area contributed by atoms with Gasteiger partial charge in [-0.15, -0.1) is 11.3 Å². The Morgan fingerprint density at radius 3 is 2.93 bits per heavy atom. The molecule has 0 unspecified atom stereocenters. The second kappa shape index (κ2) is 7.93. The molecule has 7 nitrogen and oxygen atoms in total. The smallest absolute Gasteiger partial charge is 0.348 e. The third-order valence-corrected chi connectivity index (χ3v) is 5.81. The first-order valence-corrected chi connectivity index (χ1v) is 9.99. The number of hydrogen-bond donors (Lipinski definition) is 2. The number of ether oxygens (including phenoxy) is 1. The molecular weight excluding hydrogens is 374 g/mol. The van der Waals surface area contributed by atoms with E-state index in [9.17, 15) is 4.79 Å². The number of para-hydroxylation sites is 1. The highest BCUT2D eigenvalue weighted by Gasteiger charge is 2.21. The lowest BCUT2D eigenvalue weighted by molar-refractivity contribution is 0.0468. The molecule has 1 atom stereocenters. The van der Waals surface area contributed by atoms with Crippen LogP contribution in [0.4, 0.5) is 17.6 Å². The largest absolute Gasteiger partial charge is 0.453 e. The molecule has 0 amide bonds. The Balaban J connectivity index is 1.42. The Morgan fingerprint density at radius 2 is 2.11 bits per heavy atom. The summed E-state index contributed by atoms with van der Waals surface area (Å²) in [6.45, 7) is 2.18. The fraction of sp³-hybridized carbons (Fsp3) is 0.300. The van der Waals surface area contributed by atoms with Crippen molar-refractivity contribution < 1.29 is 9.53 Å². The molecule has 0 bridgehead atoms. The normalized spacial score (nSPS) is 15.7. The lowest BCUT2D eigenvalue weighted by Crippen LogP contribution is -2.10. The lowest BCUT2D eigenvalue weighted by Gasteiger charge is -2.16. The van der Waals surface area contributed by atoms with Crippen molar-refractivity contribution in [2.75, 3.05) is 11.1 Å². The number of nitrogens with two attached hydrogens (primary N) is 1. The minimum atomic E-state index is -0.358. The van der Waals surface area contributed by atoms with E-state index in [0.29, 0.717) is 22.6 Å². The first kappa shape index (κ1) is 18.4. The highest BCUT2D eigenvalue weighted by Crippen LogP contribution is 2.32. The Morgan fingerprint density at radius 1 is 1.29 bits per heavy atom. The first-order valence-electron chi connectivity index (χ1n) is 9.18. The number of benzene rings is 1. The maximum absolute atomic E-state index is 12.4.